The van der Waals surface area contributed by atoms with Crippen LogP contribution in [0.15, 0.2) is 18.2 Å². The van der Waals surface area contributed by atoms with Crippen molar-refractivity contribution in [2.24, 2.45) is 11.1 Å². The second-order valence-electron chi connectivity index (χ2n) is 5.69. The van der Waals surface area contributed by atoms with Crippen molar-refractivity contribution in [2.75, 3.05) is 6.54 Å². The Bertz CT molecular complexity index is 557. The molecule has 22 heavy (non-hydrogen) atoms. The molecule has 0 atom stereocenters. The number of hydrogen-bond acceptors (Lipinski definition) is 4. The largest absolute Gasteiger partial charge is 0.351 e. The number of nitro groups is 1. The van der Waals surface area contributed by atoms with Crippen molar-refractivity contribution in [1.29, 1.82) is 0 Å². The number of rotatable bonds is 5. The summed E-state index contributed by atoms with van der Waals surface area (Å²) in [5.74, 6) is -0.0339. The Hall–Kier alpha value is -1.66. The van der Waals surface area contributed by atoms with Crippen LogP contribution >= 0.6 is 12.4 Å². The predicted octanol–water partition coefficient (Wildman–Crippen LogP) is 2.46. The minimum atomic E-state index is -0.450. The lowest BCUT2D eigenvalue weighted by molar-refractivity contribution is -0.385. The molecule has 0 saturated heterocycles. The number of carbonyl (C=O) groups excluding carboxylic acids is 1. The topological polar surface area (TPSA) is 98.3 Å². The molecule has 0 aliphatic heterocycles. The average Bonchev–Trinajstić information content (AvgIpc) is 2.95. The van der Waals surface area contributed by atoms with Crippen molar-refractivity contribution in [3.8, 4) is 0 Å². The zero-order valence-corrected chi connectivity index (χ0v) is 13.4. The molecule has 0 unspecified atom stereocenters. The molecule has 7 heteroatoms. The number of nitrogens with one attached hydrogen (secondary N) is 1. The van der Waals surface area contributed by atoms with Crippen molar-refractivity contribution < 1.29 is 9.72 Å². The molecule has 0 heterocycles. The molecule has 1 saturated carbocycles. The van der Waals surface area contributed by atoms with Gasteiger partial charge in [-0.15, -0.1) is 12.4 Å². The standard InChI is InChI=1S/C15H21N3O3.ClH/c1-11-12(5-4-6-13(11)18(20)21)9-17-14(19)15(10-16)7-2-3-8-15;/h4-6H,2-3,7-10,16H2,1H3,(H,17,19);1H. The number of benzene rings is 1. The van der Waals surface area contributed by atoms with Crippen molar-refractivity contribution >= 4 is 24.0 Å². The predicted molar refractivity (Wildman–Crippen MR) is 86.9 cm³/mol. The lowest BCUT2D eigenvalue weighted by atomic mass is 9.85. The zero-order valence-electron chi connectivity index (χ0n) is 12.6. The van der Waals surface area contributed by atoms with Crippen molar-refractivity contribution in [2.45, 2.75) is 39.2 Å². The number of nitro benzene ring substituents is 1. The van der Waals surface area contributed by atoms with E-state index < -0.39 is 10.3 Å². The van der Waals surface area contributed by atoms with Gasteiger partial charge in [0.05, 0.1) is 10.3 Å². The maximum Gasteiger partial charge on any atom is 0.272 e. The average molecular weight is 328 g/mol. The fourth-order valence-corrected chi connectivity index (χ4v) is 3.00. The molecule has 6 nitrogen and oxygen atoms in total. The summed E-state index contributed by atoms with van der Waals surface area (Å²) in [5, 5.41) is 13.8. The monoisotopic (exact) mass is 327 g/mol. The van der Waals surface area contributed by atoms with Gasteiger partial charge in [0.15, 0.2) is 0 Å². The van der Waals surface area contributed by atoms with Gasteiger partial charge >= 0.3 is 0 Å². The number of halogens is 1. The van der Waals surface area contributed by atoms with E-state index in [0.29, 0.717) is 18.7 Å². The summed E-state index contributed by atoms with van der Waals surface area (Å²) in [5.41, 5.74) is 6.77. The molecule has 2 rings (SSSR count). The number of nitrogens with zero attached hydrogens (tertiary/aromatic N) is 1. The maximum absolute atomic E-state index is 12.4. The van der Waals surface area contributed by atoms with Gasteiger partial charge in [0, 0.05) is 24.7 Å². The quantitative estimate of drug-likeness (QED) is 0.641. The van der Waals surface area contributed by atoms with Crippen LogP contribution in [0, 0.1) is 22.5 Å². The third-order valence-corrected chi connectivity index (χ3v) is 4.49. The normalized spacial score (nSPS) is 15.9. The molecule has 1 aromatic carbocycles. The Morgan fingerprint density at radius 1 is 1.41 bits per heavy atom. The Morgan fingerprint density at radius 2 is 2.05 bits per heavy atom. The van der Waals surface area contributed by atoms with E-state index in [1.165, 1.54) is 6.07 Å². The van der Waals surface area contributed by atoms with Gasteiger partial charge in [0.2, 0.25) is 5.91 Å². The fraction of sp³-hybridized carbons (Fsp3) is 0.533. The molecule has 1 aliphatic carbocycles. The smallest absolute Gasteiger partial charge is 0.272 e. The van der Waals surface area contributed by atoms with Crippen LogP contribution in [0.3, 0.4) is 0 Å². The van der Waals surface area contributed by atoms with Crippen LogP contribution in [0.25, 0.3) is 0 Å². The first-order valence-electron chi connectivity index (χ1n) is 7.21. The second-order valence-corrected chi connectivity index (χ2v) is 5.69. The summed E-state index contributed by atoms with van der Waals surface area (Å²) < 4.78 is 0. The van der Waals surface area contributed by atoms with Gasteiger partial charge in [-0.05, 0) is 25.3 Å². The zero-order chi connectivity index (χ0) is 15.5. The van der Waals surface area contributed by atoms with E-state index in [1.54, 1.807) is 19.1 Å². The SMILES string of the molecule is Cc1c(CNC(=O)C2(CN)CCCC2)cccc1[N+](=O)[O-].Cl. The molecule has 1 aliphatic rings. The molecule has 122 valence electrons. The van der Waals surface area contributed by atoms with Crippen molar-refractivity contribution in [3.63, 3.8) is 0 Å². The summed E-state index contributed by atoms with van der Waals surface area (Å²) in [4.78, 5) is 22.9. The Labute approximate surface area is 136 Å². The highest BCUT2D eigenvalue weighted by Crippen LogP contribution is 2.37. The molecule has 1 fully saturated rings. The van der Waals surface area contributed by atoms with Crippen LogP contribution in [0.4, 0.5) is 5.69 Å². The van der Waals surface area contributed by atoms with Crippen LogP contribution in [0.5, 0.6) is 0 Å². The molecule has 0 bridgehead atoms. The fourth-order valence-electron chi connectivity index (χ4n) is 3.00. The summed E-state index contributed by atoms with van der Waals surface area (Å²) in [6.45, 7) is 2.36. The first-order valence-corrected chi connectivity index (χ1v) is 7.21. The molecule has 0 spiro atoms. The second kappa shape index (κ2) is 7.56. The van der Waals surface area contributed by atoms with E-state index in [-0.39, 0.29) is 24.0 Å². The van der Waals surface area contributed by atoms with E-state index in [1.807, 2.05) is 0 Å². The highest BCUT2D eigenvalue weighted by molar-refractivity contribution is 5.85. The lowest BCUT2D eigenvalue weighted by Crippen LogP contribution is -2.43. The molecular formula is C15H22ClN3O3. The molecular weight excluding hydrogens is 306 g/mol. The third-order valence-electron chi connectivity index (χ3n) is 4.49. The van der Waals surface area contributed by atoms with Crippen LogP contribution in [-0.2, 0) is 11.3 Å². The van der Waals surface area contributed by atoms with E-state index >= 15 is 0 Å². The molecule has 1 aromatic rings. The molecule has 0 aromatic heterocycles. The highest BCUT2D eigenvalue weighted by Gasteiger charge is 2.39. The number of hydrogen-bond donors (Lipinski definition) is 2. The van der Waals surface area contributed by atoms with E-state index in [9.17, 15) is 14.9 Å². The molecule has 3 N–H and O–H groups in total. The molecule has 0 radical (unpaired) electrons. The first kappa shape index (κ1) is 18.4. The van der Waals surface area contributed by atoms with E-state index in [2.05, 4.69) is 5.32 Å². The van der Waals surface area contributed by atoms with E-state index in [4.69, 9.17) is 5.73 Å². The van der Waals surface area contributed by atoms with Gasteiger partial charge in [-0.25, -0.2) is 0 Å². The van der Waals surface area contributed by atoms with Crippen molar-refractivity contribution in [3.05, 3.63) is 39.4 Å². The first-order chi connectivity index (χ1) is 10.00. The van der Waals surface area contributed by atoms with Gasteiger partial charge in [-0.3, -0.25) is 14.9 Å². The van der Waals surface area contributed by atoms with Crippen LogP contribution in [0.1, 0.15) is 36.8 Å². The minimum Gasteiger partial charge on any atom is -0.351 e. The minimum absolute atomic E-state index is 0. The van der Waals surface area contributed by atoms with Gasteiger partial charge in [0.25, 0.3) is 5.69 Å². The van der Waals surface area contributed by atoms with E-state index in [0.717, 1.165) is 31.2 Å². The number of nitrogens with two attached hydrogens (primary N) is 1. The summed E-state index contributed by atoms with van der Waals surface area (Å²) in [6.07, 6.45) is 3.70. The van der Waals surface area contributed by atoms with Gasteiger partial charge < -0.3 is 11.1 Å². The van der Waals surface area contributed by atoms with Crippen LogP contribution < -0.4 is 11.1 Å². The molecule has 1 amide bonds. The number of amides is 1. The maximum atomic E-state index is 12.4. The Morgan fingerprint density at radius 3 is 2.59 bits per heavy atom. The van der Waals surface area contributed by atoms with Gasteiger partial charge in [-0.2, -0.15) is 0 Å². The lowest BCUT2D eigenvalue weighted by Gasteiger charge is -2.25. The third kappa shape index (κ3) is 3.56. The number of carbonyl (C=O) groups is 1. The Kier molecular flexibility index (Phi) is 6.32. The summed E-state index contributed by atoms with van der Waals surface area (Å²) in [6, 6.07) is 4.91. The Balaban J connectivity index is 0.00000242. The van der Waals surface area contributed by atoms with Crippen molar-refractivity contribution in [1.82, 2.24) is 5.32 Å². The van der Waals surface area contributed by atoms with Crippen LogP contribution in [0.2, 0.25) is 0 Å². The highest BCUT2D eigenvalue weighted by atomic mass is 35.5. The summed E-state index contributed by atoms with van der Waals surface area (Å²) in [7, 11) is 0. The van der Waals surface area contributed by atoms with Gasteiger partial charge in [0.1, 0.15) is 0 Å². The summed E-state index contributed by atoms with van der Waals surface area (Å²) >= 11 is 0. The van der Waals surface area contributed by atoms with Crippen LogP contribution in [-0.4, -0.2) is 17.4 Å². The van der Waals surface area contributed by atoms with Gasteiger partial charge in [-0.1, -0.05) is 25.0 Å².